The van der Waals surface area contributed by atoms with Crippen LogP contribution in [0.25, 0.3) is 0 Å². The van der Waals surface area contributed by atoms with Gasteiger partial charge in [-0.3, -0.25) is 9.59 Å². The molecule has 34 heavy (non-hydrogen) atoms. The van der Waals surface area contributed by atoms with Gasteiger partial charge in [0.15, 0.2) is 11.6 Å². The Bertz CT molecular complexity index is 1090. The van der Waals surface area contributed by atoms with Crippen molar-refractivity contribution < 1.29 is 9.59 Å². The van der Waals surface area contributed by atoms with Crippen molar-refractivity contribution in [3.63, 3.8) is 0 Å². The Kier molecular flexibility index (Phi) is 4.74. The van der Waals surface area contributed by atoms with Crippen molar-refractivity contribution >= 4 is 11.6 Å². The Morgan fingerprint density at radius 3 is 2.26 bits per heavy atom. The lowest BCUT2D eigenvalue weighted by atomic mass is 9.35. The summed E-state index contributed by atoms with van der Waals surface area (Å²) >= 11 is 0. The van der Waals surface area contributed by atoms with E-state index in [1.165, 1.54) is 0 Å². The average Bonchev–Trinajstić information content (AvgIpc) is 2.74. The first-order valence-corrected chi connectivity index (χ1v) is 13.3. The van der Waals surface area contributed by atoms with E-state index in [2.05, 4.69) is 40.7 Å². The van der Waals surface area contributed by atoms with E-state index < -0.39 is 10.8 Å². The van der Waals surface area contributed by atoms with E-state index >= 15 is 0 Å². The van der Waals surface area contributed by atoms with Crippen molar-refractivity contribution in [1.82, 2.24) is 0 Å². The van der Waals surface area contributed by atoms with Crippen LogP contribution >= 0.6 is 0 Å². The molecule has 0 aromatic heterocycles. The Hall–Kier alpha value is -1.73. The molecule has 0 saturated heterocycles. The van der Waals surface area contributed by atoms with Gasteiger partial charge in [0.25, 0.3) is 0 Å². The van der Waals surface area contributed by atoms with Crippen LogP contribution in [0.2, 0.25) is 0 Å². The van der Waals surface area contributed by atoms with Crippen LogP contribution in [0.15, 0.2) is 23.3 Å². The average molecular weight is 463 g/mol. The normalized spacial score (nSPS) is 48.9. The fourth-order valence-electron chi connectivity index (χ4n) is 9.67. The number of nitrogens with two attached hydrogens (primary N) is 1. The summed E-state index contributed by atoms with van der Waals surface area (Å²) in [5.74, 6) is 0.413. The van der Waals surface area contributed by atoms with Gasteiger partial charge < -0.3 is 5.73 Å². The maximum atomic E-state index is 14.1. The number of carbonyl (C=O) groups excluding carboxylic acids is 2. The van der Waals surface area contributed by atoms with Crippen molar-refractivity contribution in [2.45, 2.75) is 99.0 Å². The molecule has 0 spiro atoms. The minimum atomic E-state index is -0.621. The Morgan fingerprint density at radius 2 is 1.62 bits per heavy atom. The molecule has 5 aliphatic rings. The van der Waals surface area contributed by atoms with Crippen LogP contribution in [0.4, 0.5) is 0 Å². The molecule has 0 aromatic carbocycles. The molecular weight excluding hydrogens is 420 g/mol. The molecule has 0 radical (unpaired) electrons. The van der Waals surface area contributed by atoms with Crippen molar-refractivity contribution in [3.05, 3.63) is 23.3 Å². The summed E-state index contributed by atoms with van der Waals surface area (Å²) < 4.78 is 0. The van der Waals surface area contributed by atoms with Crippen molar-refractivity contribution in [1.29, 1.82) is 5.26 Å². The fourth-order valence-corrected chi connectivity index (χ4v) is 9.67. The molecule has 2 N–H and O–H groups in total. The van der Waals surface area contributed by atoms with E-state index in [9.17, 15) is 14.9 Å². The topological polar surface area (TPSA) is 83.9 Å². The standard InChI is InChI=1S/C30H42N2O2/c1-25(2)10-12-30(32)13-11-29(7)23(19(30)16-25)20(33)14-22-27(5)15-18(17-31)24(34)26(3,4)21(27)8-9-28(22,29)6/h14-15,19,21,23H,8-13,16,32H2,1-7H3/t19-,21+,23?,27+,28-,29-,30+/m1/s1. The maximum Gasteiger partial charge on any atom is 0.178 e. The zero-order valence-electron chi connectivity index (χ0n) is 22.2. The van der Waals surface area contributed by atoms with E-state index in [1.54, 1.807) is 0 Å². The van der Waals surface area contributed by atoms with Gasteiger partial charge in [-0.25, -0.2) is 0 Å². The first kappa shape index (κ1) is 24.0. The minimum Gasteiger partial charge on any atom is -0.325 e. The summed E-state index contributed by atoms with van der Waals surface area (Å²) in [6, 6.07) is 2.19. The van der Waals surface area contributed by atoms with Crippen LogP contribution in [0.5, 0.6) is 0 Å². The number of nitriles is 1. The summed E-state index contributed by atoms with van der Waals surface area (Å²) in [6.07, 6.45) is 10.9. The molecule has 0 amide bonds. The third-order valence-corrected chi connectivity index (χ3v) is 11.9. The molecule has 5 rings (SSSR count). The molecule has 5 aliphatic carbocycles. The highest BCUT2D eigenvalue weighted by atomic mass is 16.1. The molecular formula is C30H42N2O2. The van der Waals surface area contributed by atoms with Gasteiger partial charge in [0.1, 0.15) is 6.07 Å². The lowest BCUT2D eigenvalue weighted by Crippen LogP contribution is -2.68. The quantitative estimate of drug-likeness (QED) is 0.484. The first-order chi connectivity index (χ1) is 15.6. The predicted molar refractivity (Wildman–Crippen MR) is 133 cm³/mol. The molecule has 0 aliphatic heterocycles. The highest BCUT2D eigenvalue weighted by Crippen LogP contribution is 2.73. The van der Waals surface area contributed by atoms with Gasteiger partial charge >= 0.3 is 0 Å². The number of nitrogens with zero attached hydrogens (tertiary/aromatic N) is 1. The SMILES string of the molecule is CC1(C)CC[C@]2(N)CC[C@]3(C)C(C(=O)C=C4[C@@]5(C)C=C(C#N)C(=O)C(C)(C)[C@@H]5CC[C@]43C)[C@H]2C1. The van der Waals surface area contributed by atoms with E-state index in [-0.39, 0.29) is 56.7 Å². The third kappa shape index (κ3) is 2.74. The van der Waals surface area contributed by atoms with Gasteiger partial charge in [0.2, 0.25) is 0 Å². The highest BCUT2D eigenvalue weighted by Gasteiger charge is 2.69. The number of carbonyl (C=O) groups is 2. The summed E-state index contributed by atoms with van der Waals surface area (Å²) in [5, 5.41) is 9.82. The predicted octanol–water partition coefficient (Wildman–Crippen LogP) is 5.92. The fraction of sp³-hybridized carbons (Fsp3) is 0.767. The molecule has 4 nitrogen and oxygen atoms in total. The smallest absolute Gasteiger partial charge is 0.178 e. The van der Waals surface area contributed by atoms with Crippen LogP contribution in [0.3, 0.4) is 0 Å². The largest absolute Gasteiger partial charge is 0.325 e. The molecule has 184 valence electrons. The zero-order valence-corrected chi connectivity index (χ0v) is 22.2. The summed E-state index contributed by atoms with van der Waals surface area (Å²) in [6.45, 7) is 15.6. The lowest BCUT2D eigenvalue weighted by Gasteiger charge is -2.69. The van der Waals surface area contributed by atoms with Crippen LogP contribution in [-0.2, 0) is 9.59 Å². The van der Waals surface area contributed by atoms with E-state index in [4.69, 9.17) is 5.73 Å². The third-order valence-electron chi connectivity index (χ3n) is 11.9. The summed E-state index contributed by atoms with van der Waals surface area (Å²) in [7, 11) is 0. The Balaban J connectivity index is 1.69. The van der Waals surface area contributed by atoms with Gasteiger partial charge in [-0.05, 0) is 79.1 Å². The summed E-state index contributed by atoms with van der Waals surface area (Å²) in [5.41, 5.74) is 7.05. The number of rotatable bonds is 0. The molecule has 4 heteroatoms. The second-order valence-electron chi connectivity index (χ2n) is 14.5. The Labute approximate surface area is 205 Å². The molecule has 0 bridgehead atoms. The Morgan fingerprint density at radius 1 is 0.971 bits per heavy atom. The molecule has 0 aromatic rings. The lowest BCUT2D eigenvalue weighted by molar-refractivity contribution is -0.158. The van der Waals surface area contributed by atoms with Gasteiger partial charge in [-0.15, -0.1) is 0 Å². The molecule has 3 saturated carbocycles. The van der Waals surface area contributed by atoms with Crippen molar-refractivity contribution in [3.8, 4) is 6.07 Å². The van der Waals surface area contributed by atoms with E-state index in [0.29, 0.717) is 0 Å². The zero-order chi connectivity index (χ0) is 25.1. The van der Waals surface area contributed by atoms with Crippen molar-refractivity contribution in [2.75, 3.05) is 0 Å². The second kappa shape index (κ2) is 6.73. The maximum absolute atomic E-state index is 14.1. The second-order valence-corrected chi connectivity index (χ2v) is 14.5. The van der Waals surface area contributed by atoms with Crippen LogP contribution in [0, 0.1) is 56.2 Å². The van der Waals surface area contributed by atoms with Gasteiger partial charge in [0.05, 0.1) is 5.57 Å². The van der Waals surface area contributed by atoms with Gasteiger partial charge in [-0.2, -0.15) is 5.26 Å². The molecule has 7 atom stereocenters. The van der Waals surface area contributed by atoms with E-state index in [1.807, 2.05) is 26.0 Å². The van der Waals surface area contributed by atoms with E-state index in [0.717, 1.165) is 50.5 Å². The molecule has 1 unspecified atom stereocenters. The van der Waals surface area contributed by atoms with Crippen LogP contribution < -0.4 is 5.73 Å². The number of allylic oxidation sites excluding steroid dienone is 4. The number of hydrogen-bond donors (Lipinski definition) is 1. The summed E-state index contributed by atoms with van der Waals surface area (Å²) in [4.78, 5) is 27.3. The molecule has 0 heterocycles. The van der Waals surface area contributed by atoms with Crippen LogP contribution in [-0.4, -0.2) is 17.1 Å². The number of hydrogen-bond acceptors (Lipinski definition) is 4. The van der Waals surface area contributed by atoms with Crippen molar-refractivity contribution in [2.24, 2.45) is 50.6 Å². The highest BCUT2D eigenvalue weighted by molar-refractivity contribution is 6.04. The molecule has 3 fully saturated rings. The number of ketones is 2. The van der Waals surface area contributed by atoms with Crippen LogP contribution in [0.1, 0.15) is 93.4 Å². The minimum absolute atomic E-state index is 0.0529. The monoisotopic (exact) mass is 462 g/mol. The number of fused-ring (bicyclic) bond motifs is 7. The first-order valence-electron chi connectivity index (χ1n) is 13.3. The van der Waals surface area contributed by atoms with Gasteiger partial charge in [-0.1, -0.05) is 60.1 Å². The van der Waals surface area contributed by atoms with Gasteiger partial charge in [0, 0.05) is 22.3 Å². The number of Topliss-reactive ketones (excluding diaryl/α,β-unsaturated/α-hetero) is 1.